The van der Waals surface area contributed by atoms with E-state index in [1.807, 2.05) is 57.2 Å². The van der Waals surface area contributed by atoms with Crippen LogP contribution in [0.1, 0.15) is 36.1 Å². The van der Waals surface area contributed by atoms with Crippen molar-refractivity contribution in [2.75, 3.05) is 13.2 Å². The first-order chi connectivity index (χ1) is 11.9. The van der Waals surface area contributed by atoms with Gasteiger partial charge in [0.2, 0.25) is 0 Å². The number of benzene rings is 2. The van der Waals surface area contributed by atoms with Crippen molar-refractivity contribution in [1.29, 1.82) is 0 Å². The lowest BCUT2D eigenvalue weighted by Gasteiger charge is -2.16. The molecule has 0 amide bonds. The number of aryl methyl sites for hydroxylation is 2. The fourth-order valence-corrected chi connectivity index (χ4v) is 4.00. The maximum absolute atomic E-state index is 12.2. The molecule has 3 nitrogen and oxygen atoms in total. The van der Waals surface area contributed by atoms with Crippen molar-refractivity contribution < 1.29 is 13.6 Å². The van der Waals surface area contributed by atoms with Crippen LogP contribution in [0.5, 0.6) is 0 Å². The Morgan fingerprint density at radius 1 is 0.800 bits per heavy atom. The molecule has 0 atom stereocenters. The van der Waals surface area contributed by atoms with E-state index in [2.05, 4.69) is 19.1 Å². The molecule has 0 bridgehead atoms. The summed E-state index contributed by atoms with van der Waals surface area (Å²) in [6, 6.07) is 16.1. The van der Waals surface area contributed by atoms with E-state index in [0.29, 0.717) is 25.3 Å². The topological polar surface area (TPSA) is 35.5 Å². The van der Waals surface area contributed by atoms with Crippen LogP contribution in [0.2, 0.25) is 0 Å². The molecule has 0 aliphatic carbocycles. The highest BCUT2D eigenvalue weighted by Crippen LogP contribution is 2.51. The van der Waals surface area contributed by atoms with E-state index in [0.717, 1.165) is 5.56 Å². The zero-order valence-corrected chi connectivity index (χ0v) is 17.1. The molecule has 0 fully saturated rings. The number of halogens is 1. The Hall–Kier alpha value is -1.12. The largest absolute Gasteiger partial charge is 0.335 e. The van der Waals surface area contributed by atoms with Gasteiger partial charge in [-0.3, -0.25) is 4.57 Å². The van der Waals surface area contributed by atoms with Gasteiger partial charge >= 0.3 is 7.60 Å². The van der Waals surface area contributed by atoms with Crippen LogP contribution in [0.15, 0.2) is 48.5 Å². The SMILES string of the molecule is CCOP(=O)(Cc1ccc(C)cc1)OCC.Cc1ccc(CCl)cc1. The highest BCUT2D eigenvalue weighted by Gasteiger charge is 2.23. The molecule has 0 N–H and O–H groups in total. The molecule has 2 rings (SSSR count). The van der Waals surface area contributed by atoms with Crippen molar-refractivity contribution in [1.82, 2.24) is 0 Å². The Bertz CT molecular complexity index is 644. The molecule has 0 heterocycles. The average Bonchev–Trinajstić information content (AvgIpc) is 2.59. The van der Waals surface area contributed by atoms with Gasteiger partial charge in [-0.2, -0.15) is 0 Å². The van der Waals surface area contributed by atoms with Crippen LogP contribution in [0.3, 0.4) is 0 Å². The zero-order valence-electron chi connectivity index (χ0n) is 15.5. The van der Waals surface area contributed by atoms with Crippen LogP contribution >= 0.6 is 19.2 Å². The Morgan fingerprint density at radius 3 is 1.56 bits per heavy atom. The fraction of sp³-hybridized carbons (Fsp3) is 0.400. The molecule has 0 radical (unpaired) electrons. The maximum atomic E-state index is 12.2. The van der Waals surface area contributed by atoms with Gasteiger partial charge in [-0.1, -0.05) is 59.7 Å². The molecule has 0 unspecified atom stereocenters. The first-order valence-corrected chi connectivity index (χ1v) is 10.7. The van der Waals surface area contributed by atoms with Crippen LogP contribution < -0.4 is 0 Å². The minimum absolute atomic E-state index is 0.342. The van der Waals surface area contributed by atoms with Gasteiger partial charge in [0.15, 0.2) is 0 Å². The van der Waals surface area contributed by atoms with Gasteiger partial charge in [-0.05, 0) is 38.8 Å². The second kappa shape index (κ2) is 11.5. The van der Waals surface area contributed by atoms with E-state index in [9.17, 15) is 4.57 Å². The molecule has 0 spiro atoms. The summed E-state index contributed by atoms with van der Waals surface area (Å²) in [7, 11) is -2.96. The molecule has 0 saturated carbocycles. The number of rotatable bonds is 7. The summed E-state index contributed by atoms with van der Waals surface area (Å²) in [5, 5.41) is 0. The summed E-state index contributed by atoms with van der Waals surface area (Å²) >= 11 is 5.58. The smallest absolute Gasteiger partial charge is 0.309 e. The first kappa shape index (κ1) is 21.9. The Kier molecular flexibility index (Phi) is 10.1. The van der Waals surface area contributed by atoms with Gasteiger partial charge in [-0.15, -0.1) is 11.6 Å². The van der Waals surface area contributed by atoms with Crippen LogP contribution in [-0.4, -0.2) is 13.2 Å². The molecule has 138 valence electrons. The van der Waals surface area contributed by atoms with Gasteiger partial charge in [0.1, 0.15) is 0 Å². The van der Waals surface area contributed by atoms with E-state index in [1.165, 1.54) is 16.7 Å². The Morgan fingerprint density at radius 2 is 1.20 bits per heavy atom. The second-order valence-electron chi connectivity index (χ2n) is 5.71. The fourth-order valence-electron chi connectivity index (χ4n) is 2.12. The normalized spacial score (nSPS) is 10.9. The first-order valence-electron chi connectivity index (χ1n) is 8.47. The van der Waals surface area contributed by atoms with Crippen LogP contribution in [0, 0.1) is 13.8 Å². The van der Waals surface area contributed by atoms with Gasteiger partial charge in [0.05, 0.1) is 19.4 Å². The predicted octanol–water partition coefficient (Wildman–Crippen LogP) is 6.49. The average molecular weight is 383 g/mol. The zero-order chi connectivity index (χ0) is 18.7. The molecule has 2 aromatic carbocycles. The minimum atomic E-state index is -2.96. The molecule has 0 aromatic heterocycles. The standard InChI is InChI=1S/C12H19O3P.C8H9Cl/c1-4-14-16(13,15-5-2)10-12-8-6-11(3)7-9-12;1-7-2-4-8(6-9)5-3-7/h6-9H,4-5,10H2,1-3H3;2-5H,6H2,1H3. The van der Waals surface area contributed by atoms with E-state index in [1.54, 1.807) is 0 Å². The van der Waals surface area contributed by atoms with Crippen LogP contribution in [0.25, 0.3) is 0 Å². The summed E-state index contributed by atoms with van der Waals surface area (Å²) in [5.74, 6) is 0.611. The second-order valence-corrected chi connectivity index (χ2v) is 8.03. The monoisotopic (exact) mass is 382 g/mol. The van der Waals surface area contributed by atoms with Gasteiger partial charge in [0, 0.05) is 5.88 Å². The lowest BCUT2D eigenvalue weighted by Crippen LogP contribution is -1.99. The summed E-state index contributed by atoms with van der Waals surface area (Å²) in [5.41, 5.74) is 4.63. The summed E-state index contributed by atoms with van der Waals surface area (Å²) in [6.45, 7) is 8.54. The molecule has 0 aliphatic rings. The number of hydrogen-bond donors (Lipinski definition) is 0. The summed E-state index contributed by atoms with van der Waals surface area (Å²) in [4.78, 5) is 0. The van der Waals surface area contributed by atoms with E-state index < -0.39 is 7.60 Å². The minimum Gasteiger partial charge on any atom is -0.309 e. The lowest BCUT2D eigenvalue weighted by atomic mass is 10.2. The number of alkyl halides is 1. The molecular formula is C20H28ClO3P. The molecular weight excluding hydrogens is 355 g/mol. The van der Waals surface area contributed by atoms with Crippen molar-refractivity contribution in [2.24, 2.45) is 0 Å². The van der Waals surface area contributed by atoms with E-state index in [4.69, 9.17) is 20.6 Å². The van der Waals surface area contributed by atoms with Gasteiger partial charge < -0.3 is 9.05 Å². The predicted molar refractivity (Wildman–Crippen MR) is 106 cm³/mol. The quantitative estimate of drug-likeness (QED) is 0.405. The Balaban J connectivity index is 0.000000293. The Labute approximate surface area is 156 Å². The van der Waals surface area contributed by atoms with Crippen molar-refractivity contribution in [3.63, 3.8) is 0 Å². The van der Waals surface area contributed by atoms with Gasteiger partial charge in [-0.25, -0.2) is 0 Å². The molecule has 2 aromatic rings. The summed E-state index contributed by atoms with van der Waals surface area (Å²) in [6.07, 6.45) is 0.342. The van der Waals surface area contributed by atoms with E-state index in [-0.39, 0.29) is 0 Å². The highest BCUT2D eigenvalue weighted by molar-refractivity contribution is 7.53. The van der Waals surface area contributed by atoms with Crippen molar-refractivity contribution in [3.05, 3.63) is 70.8 Å². The van der Waals surface area contributed by atoms with Gasteiger partial charge in [0.25, 0.3) is 0 Å². The third kappa shape index (κ3) is 8.69. The summed E-state index contributed by atoms with van der Waals surface area (Å²) < 4.78 is 22.7. The highest BCUT2D eigenvalue weighted by atomic mass is 35.5. The third-order valence-electron chi connectivity index (χ3n) is 3.42. The molecule has 5 heteroatoms. The maximum Gasteiger partial charge on any atom is 0.335 e. The third-order valence-corrected chi connectivity index (χ3v) is 5.79. The lowest BCUT2D eigenvalue weighted by molar-refractivity contribution is 0.219. The van der Waals surface area contributed by atoms with Crippen LogP contribution in [0.4, 0.5) is 0 Å². The number of hydrogen-bond acceptors (Lipinski definition) is 3. The van der Waals surface area contributed by atoms with Crippen molar-refractivity contribution in [3.8, 4) is 0 Å². The van der Waals surface area contributed by atoms with E-state index >= 15 is 0 Å². The van der Waals surface area contributed by atoms with Crippen molar-refractivity contribution >= 4 is 19.2 Å². The van der Waals surface area contributed by atoms with Crippen molar-refractivity contribution in [2.45, 2.75) is 39.7 Å². The molecule has 0 saturated heterocycles. The molecule has 0 aliphatic heterocycles. The molecule has 25 heavy (non-hydrogen) atoms. The van der Waals surface area contributed by atoms with Crippen LogP contribution in [-0.2, 0) is 25.7 Å².